The molecule has 8 nitrogen and oxygen atoms in total. The molecule has 2 aliphatic rings. The lowest BCUT2D eigenvalue weighted by Gasteiger charge is -2.27. The number of nitrogens with zero attached hydrogens (tertiary/aromatic N) is 4. The molecule has 31 heavy (non-hydrogen) atoms. The molecule has 1 amide bonds. The molecule has 5 heterocycles. The molecule has 2 aliphatic heterocycles. The van der Waals surface area contributed by atoms with Crippen molar-refractivity contribution in [2.45, 2.75) is 51.7 Å². The van der Waals surface area contributed by atoms with Crippen molar-refractivity contribution >= 4 is 28.4 Å². The summed E-state index contributed by atoms with van der Waals surface area (Å²) in [5.74, 6) is 0.234. The Hall–Kier alpha value is -3.00. The van der Waals surface area contributed by atoms with Crippen LogP contribution in [0.4, 0.5) is 5.82 Å². The first-order valence-electron chi connectivity index (χ1n) is 11.1. The summed E-state index contributed by atoms with van der Waals surface area (Å²) in [6.45, 7) is 4.55. The Balaban J connectivity index is 1.75. The number of aromatic nitrogens is 3. The predicted octanol–water partition coefficient (Wildman–Crippen LogP) is 1.83. The van der Waals surface area contributed by atoms with Crippen molar-refractivity contribution in [2.75, 3.05) is 25.4 Å². The molecular weight excluding hydrogens is 394 g/mol. The van der Waals surface area contributed by atoms with E-state index in [9.17, 15) is 9.59 Å². The van der Waals surface area contributed by atoms with Crippen LogP contribution in [-0.2, 0) is 11.3 Å². The molecule has 0 saturated carbocycles. The summed E-state index contributed by atoms with van der Waals surface area (Å²) in [6.07, 6.45) is 6.73. The van der Waals surface area contributed by atoms with Crippen LogP contribution in [0.1, 0.15) is 48.0 Å². The van der Waals surface area contributed by atoms with Crippen LogP contribution in [0.2, 0.25) is 0 Å². The molecule has 0 unspecified atom stereocenters. The number of hydrogen-bond donors (Lipinski definition) is 1. The van der Waals surface area contributed by atoms with Gasteiger partial charge in [-0.2, -0.15) is 0 Å². The molecule has 3 aromatic rings. The first kappa shape index (κ1) is 19.9. The zero-order chi connectivity index (χ0) is 21.5. The van der Waals surface area contributed by atoms with Gasteiger partial charge in [0.2, 0.25) is 11.5 Å². The van der Waals surface area contributed by atoms with E-state index in [1.54, 1.807) is 16.7 Å². The number of hydrogen-bond acceptors (Lipinski definition) is 5. The number of ether oxygens (including phenoxy) is 1. The predicted molar refractivity (Wildman–Crippen MR) is 117 cm³/mol. The Morgan fingerprint density at radius 1 is 1.29 bits per heavy atom. The van der Waals surface area contributed by atoms with Crippen molar-refractivity contribution in [3.8, 4) is 0 Å². The summed E-state index contributed by atoms with van der Waals surface area (Å²) >= 11 is 0. The maximum Gasteiger partial charge on any atom is 0.278 e. The number of nitrogen functional groups attached to an aromatic ring is 1. The Labute approximate surface area is 180 Å². The third kappa shape index (κ3) is 3.44. The van der Waals surface area contributed by atoms with Crippen LogP contribution in [0.25, 0.3) is 16.7 Å². The minimum atomic E-state index is -0.197. The number of aryl methyl sites for hydroxylation is 1. The van der Waals surface area contributed by atoms with Gasteiger partial charge in [-0.3, -0.25) is 14.0 Å². The number of carbonyl (C=O) groups excluding carboxylic acids is 1. The van der Waals surface area contributed by atoms with Crippen molar-refractivity contribution in [1.29, 1.82) is 0 Å². The van der Waals surface area contributed by atoms with Crippen LogP contribution in [0, 0.1) is 6.92 Å². The number of carbonyl (C=O) groups is 1. The summed E-state index contributed by atoms with van der Waals surface area (Å²) in [7, 11) is 0. The Morgan fingerprint density at radius 2 is 2.10 bits per heavy atom. The number of anilines is 1. The highest BCUT2D eigenvalue weighted by Gasteiger charge is 2.30. The summed E-state index contributed by atoms with van der Waals surface area (Å²) in [5.41, 5.74) is 8.75. The van der Waals surface area contributed by atoms with Gasteiger partial charge in [-0.25, -0.2) is 4.57 Å². The van der Waals surface area contributed by atoms with E-state index in [1.165, 1.54) is 0 Å². The molecule has 8 heteroatoms. The average molecular weight is 423 g/mol. The van der Waals surface area contributed by atoms with E-state index >= 15 is 0 Å². The van der Waals surface area contributed by atoms with Crippen molar-refractivity contribution in [1.82, 2.24) is 14.3 Å². The molecule has 2 N–H and O–H groups in total. The fraction of sp³-hybridized carbons (Fsp3) is 0.478. The molecule has 5 rings (SSSR count). The van der Waals surface area contributed by atoms with Gasteiger partial charge in [-0.15, -0.1) is 0 Å². The minimum absolute atomic E-state index is 0.00652. The lowest BCUT2D eigenvalue weighted by Crippen LogP contribution is -2.47. The first-order valence-corrected chi connectivity index (χ1v) is 11.1. The monoisotopic (exact) mass is 422 g/mol. The van der Waals surface area contributed by atoms with E-state index in [0.29, 0.717) is 41.2 Å². The molecule has 1 atom stereocenters. The molecule has 0 aliphatic carbocycles. The van der Waals surface area contributed by atoms with Crippen molar-refractivity contribution in [2.24, 2.45) is 0 Å². The van der Waals surface area contributed by atoms with Crippen LogP contribution in [0.15, 0.2) is 29.2 Å². The smallest absolute Gasteiger partial charge is 0.278 e. The van der Waals surface area contributed by atoms with Crippen LogP contribution in [0.3, 0.4) is 0 Å². The number of fused-ring (bicyclic) bond motifs is 2. The van der Waals surface area contributed by atoms with Gasteiger partial charge in [0.15, 0.2) is 0 Å². The largest absolute Gasteiger partial charge is 0.375 e. The van der Waals surface area contributed by atoms with Crippen LogP contribution >= 0.6 is 0 Å². The lowest BCUT2D eigenvalue weighted by atomic mass is 10.1. The summed E-state index contributed by atoms with van der Waals surface area (Å²) in [5, 5.41) is 0.399. The van der Waals surface area contributed by atoms with E-state index in [-0.39, 0.29) is 17.6 Å². The second kappa shape index (κ2) is 7.92. The molecule has 0 aromatic carbocycles. The van der Waals surface area contributed by atoms with Gasteiger partial charge in [-0.05, 0) is 51.2 Å². The van der Waals surface area contributed by atoms with Gasteiger partial charge in [0.25, 0.3) is 17.1 Å². The molecule has 3 aromatic heterocycles. The standard InChI is InChI=1S/C23H27N5O3/c1-15-7-5-11-27-20(15)25-21-18(23(27)30)13-17(22(29)26-9-3-2-4-10-26)19(24)28(21)14-16-8-6-12-31-16/h5,7,11,13,16,24H,2-4,6,8-10,12,14H2,1H3/p+1/t16-/m0/s1. The average Bonchev–Trinajstić information content (AvgIpc) is 3.30. The summed E-state index contributed by atoms with van der Waals surface area (Å²) < 4.78 is 9.19. The molecule has 2 fully saturated rings. The van der Waals surface area contributed by atoms with Crippen LogP contribution < -0.4 is 15.9 Å². The van der Waals surface area contributed by atoms with Gasteiger partial charge >= 0.3 is 0 Å². The van der Waals surface area contributed by atoms with Crippen molar-refractivity contribution < 1.29 is 14.1 Å². The Kier molecular flexibility index (Phi) is 5.09. The van der Waals surface area contributed by atoms with E-state index < -0.39 is 0 Å². The highest BCUT2D eigenvalue weighted by molar-refractivity contribution is 6.00. The number of nitrogens with two attached hydrogens (primary N) is 1. The molecule has 2 saturated heterocycles. The zero-order valence-electron chi connectivity index (χ0n) is 17.8. The number of amides is 1. The zero-order valence-corrected chi connectivity index (χ0v) is 17.8. The number of rotatable bonds is 3. The van der Waals surface area contributed by atoms with Crippen LogP contribution in [0.5, 0.6) is 0 Å². The van der Waals surface area contributed by atoms with Gasteiger partial charge in [0.05, 0.1) is 12.6 Å². The number of likely N-dealkylation sites (tertiary alicyclic amines) is 1. The van der Waals surface area contributed by atoms with E-state index in [2.05, 4.69) is 0 Å². The molecule has 0 radical (unpaired) electrons. The Morgan fingerprint density at radius 3 is 2.84 bits per heavy atom. The quantitative estimate of drug-likeness (QED) is 0.513. The van der Waals surface area contributed by atoms with E-state index in [0.717, 1.165) is 50.8 Å². The fourth-order valence-electron chi connectivity index (χ4n) is 4.73. The minimum Gasteiger partial charge on any atom is -0.375 e. The fourth-order valence-corrected chi connectivity index (χ4v) is 4.73. The maximum absolute atomic E-state index is 13.4. The van der Waals surface area contributed by atoms with Crippen molar-refractivity contribution in [3.05, 3.63) is 45.9 Å². The molecule has 0 bridgehead atoms. The number of piperidine rings is 1. The normalized spacial score (nSPS) is 19.4. The molecular formula is C23H28N5O3+. The van der Waals surface area contributed by atoms with Gasteiger partial charge in [0.1, 0.15) is 10.9 Å². The molecule has 0 spiro atoms. The summed E-state index contributed by atoms with van der Waals surface area (Å²) in [4.78, 5) is 33.4. The van der Waals surface area contributed by atoms with E-state index in [1.807, 2.05) is 28.5 Å². The van der Waals surface area contributed by atoms with Gasteiger partial charge < -0.3 is 15.4 Å². The Bertz CT molecular complexity index is 1220. The van der Waals surface area contributed by atoms with Crippen molar-refractivity contribution in [3.63, 3.8) is 0 Å². The maximum atomic E-state index is 13.4. The van der Waals surface area contributed by atoms with Gasteiger partial charge in [-0.1, -0.05) is 11.1 Å². The summed E-state index contributed by atoms with van der Waals surface area (Å²) in [6, 6.07) is 5.39. The topological polar surface area (TPSA) is 93.8 Å². The third-order valence-electron chi connectivity index (χ3n) is 6.46. The lowest BCUT2D eigenvalue weighted by molar-refractivity contribution is -0.666. The second-order valence-corrected chi connectivity index (χ2v) is 8.58. The highest BCUT2D eigenvalue weighted by Crippen LogP contribution is 2.21. The van der Waals surface area contributed by atoms with Gasteiger partial charge in [0, 0.05) is 31.5 Å². The van der Waals surface area contributed by atoms with E-state index in [4.69, 9.17) is 15.5 Å². The second-order valence-electron chi connectivity index (χ2n) is 8.58. The SMILES string of the molecule is Cc1cccn2c(=O)c3cc(C(=O)N4CCCCC4)c(N)[n+](C[C@@H]4CCCO4)c3nc12. The first-order chi connectivity index (χ1) is 15.0. The number of pyridine rings is 2. The third-order valence-corrected chi connectivity index (χ3v) is 6.46. The van der Waals surface area contributed by atoms with Crippen LogP contribution in [-0.4, -0.2) is 46.0 Å². The highest BCUT2D eigenvalue weighted by atomic mass is 16.5. The molecule has 162 valence electrons.